The van der Waals surface area contributed by atoms with Crippen LogP contribution in [0.4, 0.5) is 0 Å². The summed E-state index contributed by atoms with van der Waals surface area (Å²) in [6, 6.07) is 12.6. The van der Waals surface area contributed by atoms with E-state index in [0.29, 0.717) is 40.6 Å². The lowest BCUT2D eigenvalue weighted by atomic mass is 10.2. The van der Waals surface area contributed by atoms with Crippen molar-refractivity contribution in [2.75, 3.05) is 6.61 Å². The van der Waals surface area contributed by atoms with Crippen LogP contribution in [0.5, 0.6) is 11.6 Å². The van der Waals surface area contributed by atoms with E-state index in [9.17, 15) is 0 Å². The van der Waals surface area contributed by atoms with Crippen molar-refractivity contribution in [1.82, 2.24) is 14.8 Å². The highest BCUT2D eigenvalue weighted by Crippen LogP contribution is 2.26. The van der Waals surface area contributed by atoms with Gasteiger partial charge in [-0.1, -0.05) is 31.5 Å². The molecule has 3 rings (SSSR count). The molecule has 0 atom stereocenters. The second kappa shape index (κ2) is 8.56. The molecule has 0 amide bonds. The Morgan fingerprint density at radius 1 is 1.15 bits per heavy atom. The second-order valence-electron chi connectivity index (χ2n) is 6.34. The molecule has 0 aliphatic carbocycles. The van der Waals surface area contributed by atoms with E-state index in [0.717, 1.165) is 5.56 Å². The molecule has 1 aromatic carbocycles. The first-order valence-electron chi connectivity index (χ1n) is 8.51. The molecule has 0 N–H and O–H groups in total. The third-order valence-corrected chi connectivity index (χ3v) is 3.91. The van der Waals surface area contributed by atoms with Crippen LogP contribution in [0.1, 0.15) is 25.0 Å². The van der Waals surface area contributed by atoms with Crippen molar-refractivity contribution < 1.29 is 9.47 Å². The Hall–Kier alpha value is -3.04. The van der Waals surface area contributed by atoms with Crippen LogP contribution in [0, 0.1) is 17.2 Å². The van der Waals surface area contributed by atoms with Crippen LogP contribution in [-0.2, 0) is 6.61 Å². The van der Waals surface area contributed by atoms with E-state index < -0.39 is 0 Å². The first-order valence-corrected chi connectivity index (χ1v) is 8.89. The number of ether oxygens (including phenoxy) is 2. The van der Waals surface area contributed by atoms with Gasteiger partial charge in [0.05, 0.1) is 24.4 Å². The maximum atomic E-state index is 9.06. The average Bonchev–Trinajstić information content (AvgIpc) is 3.14. The van der Waals surface area contributed by atoms with Crippen molar-refractivity contribution >= 4 is 11.6 Å². The Morgan fingerprint density at radius 3 is 2.78 bits per heavy atom. The molecule has 0 saturated heterocycles. The summed E-state index contributed by atoms with van der Waals surface area (Å²) in [4.78, 5) is 4.25. The van der Waals surface area contributed by atoms with Gasteiger partial charge in [-0.15, -0.1) is 0 Å². The highest BCUT2D eigenvalue weighted by Gasteiger charge is 2.11. The summed E-state index contributed by atoms with van der Waals surface area (Å²) < 4.78 is 13.3. The Bertz CT molecular complexity index is 963. The van der Waals surface area contributed by atoms with Gasteiger partial charge < -0.3 is 9.47 Å². The molecule has 6 nitrogen and oxygen atoms in total. The summed E-state index contributed by atoms with van der Waals surface area (Å²) in [5, 5.41) is 13.9. The largest absolute Gasteiger partial charge is 0.493 e. The number of nitrogens with zero attached hydrogens (tertiary/aromatic N) is 4. The predicted molar refractivity (Wildman–Crippen MR) is 102 cm³/mol. The van der Waals surface area contributed by atoms with E-state index in [4.69, 9.17) is 26.3 Å². The van der Waals surface area contributed by atoms with E-state index in [2.05, 4.69) is 30.0 Å². The molecule has 0 unspecified atom stereocenters. The Labute approximate surface area is 162 Å². The van der Waals surface area contributed by atoms with E-state index in [1.807, 2.05) is 6.07 Å². The summed E-state index contributed by atoms with van der Waals surface area (Å²) in [7, 11) is 0. The van der Waals surface area contributed by atoms with Crippen LogP contribution in [0.2, 0.25) is 5.02 Å². The van der Waals surface area contributed by atoms with E-state index in [1.54, 1.807) is 47.4 Å². The summed E-state index contributed by atoms with van der Waals surface area (Å²) >= 11 is 6.10. The van der Waals surface area contributed by atoms with Crippen LogP contribution in [0.25, 0.3) is 5.82 Å². The molecule has 27 heavy (non-hydrogen) atoms. The minimum Gasteiger partial charge on any atom is -0.493 e. The molecule has 0 aliphatic rings. The number of hydrogen-bond donors (Lipinski definition) is 0. The normalized spacial score (nSPS) is 10.6. The highest BCUT2D eigenvalue weighted by atomic mass is 35.5. The molecule has 0 bridgehead atoms. The molecule has 2 aromatic heterocycles. The molecule has 0 saturated carbocycles. The first kappa shape index (κ1) is 18.7. The third kappa shape index (κ3) is 4.78. The van der Waals surface area contributed by atoms with Crippen LogP contribution in [-0.4, -0.2) is 21.4 Å². The Balaban J connectivity index is 1.79. The van der Waals surface area contributed by atoms with Crippen molar-refractivity contribution in [3.8, 4) is 23.5 Å². The molecule has 138 valence electrons. The number of halogens is 1. The minimum absolute atomic E-state index is 0.286. The maximum absolute atomic E-state index is 9.06. The van der Waals surface area contributed by atoms with E-state index in [-0.39, 0.29) is 6.61 Å². The van der Waals surface area contributed by atoms with E-state index in [1.165, 1.54) is 0 Å². The Kier molecular flexibility index (Phi) is 5.94. The molecule has 0 spiro atoms. The summed E-state index contributed by atoms with van der Waals surface area (Å²) in [5.41, 5.74) is 1.38. The zero-order valence-corrected chi connectivity index (χ0v) is 15.8. The number of rotatable bonds is 7. The van der Waals surface area contributed by atoms with Gasteiger partial charge in [0, 0.05) is 28.9 Å². The average molecular weight is 383 g/mol. The van der Waals surface area contributed by atoms with Gasteiger partial charge in [-0.25, -0.2) is 4.98 Å². The fraction of sp³-hybridized carbons (Fsp3) is 0.250. The maximum Gasteiger partial charge on any atom is 0.218 e. The molecular weight excluding hydrogens is 364 g/mol. The van der Waals surface area contributed by atoms with Crippen LogP contribution in [0.15, 0.2) is 48.8 Å². The molecule has 3 aromatic rings. The topological polar surface area (TPSA) is 73.0 Å². The SMILES string of the molecule is CC(C)COc1cc(Cl)ccc1COc1ccnn1-c1cc(C#N)ccn1. The molecule has 0 radical (unpaired) electrons. The van der Waals surface area contributed by atoms with Crippen LogP contribution in [0.3, 0.4) is 0 Å². The molecule has 2 heterocycles. The lowest BCUT2D eigenvalue weighted by Gasteiger charge is -2.14. The van der Waals surface area contributed by atoms with E-state index >= 15 is 0 Å². The smallest absolute Gasteiger partial charge is 0.218 e. The molecule has 0 aliphatic heterocycles. The summed E-state index contributed by atoms with van der Waals surface area (Å²) in [6.45, 7) is 5.05. The zero-order valence-electron chi connectivity index (χ0n) is 15.1. The Morgan fingerprint density at radius 2 is 2.00 bits per heavy atom. The van der Waals surface area contributed by atoms with Gasteiger partial charge in [0.15, 0.2) is 5.82 Å². The number of pyridine rings is 1. The lowest BCUT2D eigenvalue weighted by molar-refractivity contribution is 0.248. The monoisotopic (exact) mass is 382 g/mol. The molecule has 7 heteroatoms. The van der Waals surface area contributed by atoms with Gasteiger partial charge in [-0.3, -0.25) is 0 Å². The number of nitriles is 1. The van der Waals surface area contributed by atoms with Crippen LogP contribution < -0.4 is 9.47 Å². The standard InChI is InChI=1S/C20H19ClN4O2/c1-14(2)12-26-18-10-17(21)4-3-16(18)13-27-20-6-8-24-25(20)19-9-15(11-22)5-7-23-19/h3-10,14H,12-13H2,1-2H3. The van der Waals surface area contributed by atoms with Gasteiger partial charge in [-0.2, -0.15) is 15.0 Å². The number of aromatic nitrogens is 3. The zero-order chi connectivity index (χ0) is 19.2. The van der Waals surface area contributed by atoms with Gasteiger partial charge in [-0.05, 0) is 24.1 Å². The summed E-state index contributed by atoms with van der Waals surface area (Å²) in [6.07, 6.45) is 3.19. The van der Waals surface area contributed by atoms with Crippen molar-refractivity contribution in [2.24, 2.45) is 5.92 Å². The van der Waals surface area contributed by atoms with Gasteiger partial charge in [0.25, 0.3) is 0 Å². The molecular formula is C20H19ClN4O2. The predicted octanol–water partition coefficient (Wildman–Crippen LogP) is 4.41. The third-order valence-electron chi connectivity index (χ3n) is 3.68. The fourth-order valence-corrected chi connectivity index (χ4v) is 2.53. The second-order valence-corrected chi connectivity index (χ2v) is 6.78. The quantitative estimate of drug-likeness (QED) is 0.605. The van der Waals surface area contributed by atoms with Gasteiger partial charge in [0.1, 0.15) is 12.4 Å². The van der Waals surface area contributed by atoms with Crippen molar-refractivity contribution in [3.63, 3.8) is 0 Å². The van der Waals surface area contributed by atoms with Crippen LogP contribution >= 0.6 is 11.6 Å². The number of benzene rings is 1. The van der Waals surface area contributed by atoms with Crippen molar-refractivity contribution in [2.45, 2.75) is 20.5 Å². The fourth-order valence-electron chi connectivity index (χ4n) is 2.37. The van der Waals surface area contributed by atoms with Crippen molar-refractivity contribution in [1.29, 1.82) is 5.26 Å². The minimum atomic E-state index is 0.286. The van der Waals surface area contributed by atoms with Gasteiger partial charge >= 0.3 is 0 Å². The highest BCUT2D eigenvalue weighted by molar-refractivity contribution is 6.30. The molecule has 0 fully saturated rings. The summed E-state index contributed by atoms with van der Waals surface area (Å²) in [5.74, 6) is 2.13. The lowest BCUT2D eigenvalue weighted by Crippen LogP contribution is -2.09. The van der Waals surface area contributed by atoms with Crippen molar-refractivity contribution in [3.05, 3.63) is 64.9 Å². The van der Waals surface area contributed by atoms with Gasteiger partial charge in [0.2, 0.25) is 5.88 Å². The number of hydrogen-bond acceptors (Lipinski definition) is 5. The first-order chi connectivity index (χ1) is 13.1.